The SMILES string of the molecule is CC(C)(C)OC(=O)N1CCC2(CC1)CN(c1ccc(I)cc1)C(=O)O2. The lowest BCUT2D eigenvalue weighted by molar-refractivity contribution is -0.0167. The van der Waals surface area contributed by atoms with E-state index in [9.17, 15) is 9.59 Å². The second-order valence-corrected chi connectivity index (χ2v) is 8.83. The molecule has 2 heterocycles. The first-order valence-corrected chi connectivity index (χ1v) is 9.49. The van der Waals surface area contributed by atoms with E-state index in [1.54, 1.807) is 9.80 Å². The normalized spacial score (nSPS) is 19.9. The predicted molar refractivity (Wildman–Crippen MR) is 103 cm³/mol. The summed E-state index contributed by atoms with van der Waals surface area (Å²) in [4.78, 5) is 27.9. The largest absolute Gasteiger partial charge is 0.444 e. The Balaban J connectivity index is 1.63. The number of piperidine rings is 1. The number of nitrogens with zero attached hydrogens (tertiary/aromatic N) is 2. The number of hydrogen-bond acceptors (Lipinski definition) is 4. The summed E-state index contributed by atoms with van der Waals surface area (Å²) < 4.78 is 12.3. The highest BCUT2D eigenvalue weighted by molar-refractivity contribution is 14.1. The standard InChI is InChI=1S/C18H23IN2O4/c1-17(2,3)24-15(22)20-10-8-18(9-11-20)12-21(16(23)25-18)14-6-4-13(19)5-7-14/h4-7H,8-12H2,1-3H3. The van der Waals surface area contributed by atoms with Gasteiger partial charge >= 0.3 is 12.2 Å². The van der Waals surface area contributed by atoms with Crippen LogP contribution in [0.4, 0.5) is 15.3 Å². The zero-order chi connectivity index (χ0) is 18.2. The van der Waals surface area contributed by atoms with Crippen LogP contribution >= 0.6 is 22.6 Å². The van der Waals surface area contributed by atoms with Crippen molar-refractivity contribution in [1.29, 1.82) is 0 Å². The Kier molecular flexibility index (Phi) is 4.87. The highest BCUT2D eigenvalue weighted by atomic mass is 127. The summed E-state index contributed by atoms with van der Waals surface area (Å²) >= 11 is 2.23. The van der Waals surface area contributed by atoms with Crippen LogP contribution in [0.1, 0.15) is 33.6 Å². The fraction of sp³-hybridized carbons (Fsp3) is 0.556. The molecule has 2 fully saturated rings. The van der Waals surface area contributed by atoms with Crippen LogP contribution in [-0.2, 0) is 9.47 Å². The fourth-order valence-electron chi connectivity index (χ4n) is 3.13. The quantitative estimate of drug-likeness (QED) is 0.597. The van der Waals surface area contributed by atoms with Crippen LogP contribution < -0.4 is 4.90 Å². The number of amides is 2. The van der Waals surface area contributed by atoms with E-state index in [0.29, 0.717) is 32.5 Å². The van der Waals surface area contributed by atoms with Crippen LogP contribution in [0, 0.1) is 3.57 Å². The molecule has 0 unspecified atom stereocenters. The Morgan fingerprint density at radius 1 is 1.20 bits per heavy atom. The van der Waals surface area contributed by atoms with E-state index in [0.717, 1.165) is 9.26 Å². The summed E-state index contributed by atoms with van der Waals surface area (Å²) in [5.74, 6) is 0. The van der Waals surface area contributed by atoms with E-state index in [1.165, 1.54) is 0 Å². The first-order valence-electron chi connectivity index (χ1n) is 8.42. The number of carbonyl (C=O) groups is 2. The van der Waals surface area contributed by atoms with Gasteiger partial charge in [0, 0.05) is 35.2 Å². The summed E-state index contributed by atoms with van der Waals surface area (Å²) in [5, 5.41) is 0. The van der Waals surface area contributed by atoms with Crippen LogP contribution in [0.2, 0.25) is 0 Å². The number of ether oxygens (including phenoxy) is 2. The van der Waals surface area contributed by atoms with E-state index in [4.69, 9.17) is 9.47 Å². The molecule has 0 radical (unpaired) electrons. The third-order valence-electron chi connectivity index (χ3n) is 4.44. The van der Waals surface area contributed by atoms with Crippen molar-refractivity contribution in [3.63, 3.8) is 0 Å². The third-order valence-corrected chi connectivity index (χ3v) is 5.15. The van der Waals surface area contributed by atoms with Crippen molar-refractivity contribution in [3.05, 3.63) is 27.8 Å². The molecule has 6 nitrogen and oxygen atoms in total. The third kappa shape index (κ3) is 4.19. The highest BCUT2D eigenvalue weighted by Gasteiger charge is 2.48. The number of hydrogen-bond donors (Lipinski definition) is 0. The van der Waals surface area contributed by atoms with E-state index in [2.05, 4.69) is 22.6 Å². The van der Waals surface area contributed by atoms with Crippen molar-refractivity contribution < 1.29 is 19.1 Å². The zero-order valence-electron chi connectivity index (χ0n) is 14.8. The highest BCUT2D eigenvalue weighted by Crippen LogP contribution is 2.36. The van der Waals surface area contributed by atoms with Crippen LogP contribution in [0.3, 0.4) is 0 Å². The van der Waals surface area contributed by atoms with Gasteiger partial charge in [0.15, 0.2) is 0 Å². The maximum absolute atomic E-state index is 12.3. The van der Waals surface area contributed by atoms with Gasteiger partial charge in [-0.05, 0) is 67.6 Å². The molecule has 1 aromatic rings. The molecule has 3 rings (SSSR count). The lowest BCUT2D eigenvalue weighted by atomic mass is 9.91. The summed E-state index contributed by atoms with van der Waals surface area (Å²) in [7, 11) is 0. The van der Waals surface area contributed by atoms with Gasteiger partial charge in [-0.2, -0.15) is 0 Å². The summed E-state index contributed by atoms with van der Waals surface area (Å²) in [6.45, 7) is 7.15. The first-order chi connectivity index (χ1) is 11.7. The number of likely N-dealkylation sites (tertiary alicyclic amines) is 1. The molecule has 7 heteroatoms. The van der Waals surface area contributed by atoms with E-state index < -0.39 is 11.2 Å². The molecule has 1 aromatic carbocycles. The molecule has 25 heavy (non-hydrogen) atoms. The molecule has 0 atom stereocenters. The monoisotopic (exact) mass is 458 g/mol. The van der Waals surface area contributed by atoms with Gasteiger partial charge in [0.25, 0.3) is 0 Å². The molecule has 0 aromatic heterocycles. The van der Waals surface area contributed by atoms with Crippen LogP contribution in [0.25, 0.3) is 0 Å². The minimum atomic E-state index is -0.515. The lowest BCUT2D eigenvalue weighted by Crippen LogP contribution is -2.49. The number of rotatable bonds is 1. The Hall–Kier alpha value is -1.51. The second kappa shape index (κ2) is 6.66. The van der Waals surface area contributed by atoms with Crippen molar-refractivity contribution in [1.82, 2.24) is 4.90 Å². The number of halogens is 1. The van der Waals surface area contributed by atoms with Gasteiger partial charge in [0.1, 0.15) is 11.2 Å². The maximum Gasteiger partial charge on any atom is 0.415 e. The maximum atomic E-state index is 12.3. The van der Waals surface area contributed by atoms with Crippen molar-refractivity contribution >= 4 is 40.5 Å². The van der Waals surface area contributed by atoms with E-state index >= 15 is 0 Å². The average Bonchev–Trinajstić information content (AvgIpc) is 2.83. The molecular formula is C18H23IN2O4. The minimum Gasteiger partial charge on any atom is -0.444 e. The molecular weight excluding hydrogens is 435 g/mol. The first kappa shape index (κ1) is 18.3. The zero-order valence-corrected chi connectivity index (χ0v) is 16.9. The fourth-order valence-corrected chi connectivity index (χ4v) is 3.49. The van der Waals surface area contributed by atoms with Crippen molar-refractivity contribution in [3.8, 4) is 0 Å². The van der Waals surface area contributed by atoms with Crippen LogP contribution in [-0.4, -0.2) is 47.9 Å². The van der Waals surface area contributed by atoms with Crippen LogP contribution in [0.15, 0.2) is 24.3 Å². The van der Waals surface area contributed by atoms with Crippen LogP contribution in [0.5, 0.6) is 0 Å². The molecule has 2 aliphatic rings. The van der Waals surface area contributed by atoms with Gasteiger partial charge in [-0.1, -0.05) is 0 Å². The van der Waals surface area contributed by atoms with Gasteiger partial charge in [0.05, 0.1) is 6.54 Å². The number of carbonyl (C=O) groups excluding carboxylic acids is 2. The van der Waals surface area contributed by atoms with Gasteiger partial charge in [0.2, 0.25) is 0 Å². The summed E-state index contributed by atoms with van der Waals surface area (Å²) in [6.07, 6.45) is 0.630. The van der Waals surface area contributed by atoms with Gasteiger partial charge < -0.3 is 14.4 Å². The van der Waals surface area contributed by atoms with E-state index in [1.807, 2.05) is 45.0 Å². The second-order valence-electron chi connectivity index (χ2n) is 7.58. The Morgan fingerprint density at radius 3 is 2.36 bits per heavy atom. The molecule has 0 saturated carbocycles. The Morgan fingerprint density at radius 2 is 1.80 bits per heavy atom. The molecule has 2 amide bonds. The molecule has 2 aliphatic heterocycles. The van der Waals surface area contributed by atoms with Crippen molar-refractivity contribution in [2.75, 3.05) is 24.5 Å². The van der Waals surface area contributed by atoms with Gasteiger partial charge in [-0.15, -0.1) is 0 Å². The predicted octanol–water partition coefficient (Wildman–Crippen LogP) is 4.02. The molecule has 1 spiro atoms. The topological polar surface area (TPSA) is 59.1 Å². The molecule has 2 saturated heterocycles. The Bertz CT molecular complexity index is 661. The molecule has 0 N–H and O–H groups in total. The summed E-state index contributed by atoms with van der Waals surface area (Å²) in [6, 6.07) is 7.80. The van der Waals surface area contributed by atoms with Crippen molar-refractivity contribution in [2.45, 2.75) is 44.8 Å². The average molecular weight is 458 g/mol. The smallest absolute Gasteiger partial charge is 0.415 e. The molecule has 136 valence electrons. The van der Waals surface area contributed by atoms with E-state index in [-0.39, 0.29) is 12.2 Å². The van der Waals surface area contributed by atoms with Crippen molar-refractivity contribution in [2.24, 2.45) is 0 Å². The number of anilines is 1. The summed E-state index contributed by atoms with van der Waals surface area (Å²) in [5.41, 5.74) is -0.177. The minimum absolute atomic E-state index is 0.304. The molecule has 0 aliphatic carbocycles. The Labute approximate surface area is 161 Å². The van der Waals surface area contributed by atoms with Gasteiger partial charge in [-0.25, -0.2) is 9.59 Å². The van der Waals surface area contributed by atoms with Gasteiger partial charge in [-0.3, -0.25) is 4.90 Å². The molecule has 0 bridgehead atoms. The lowest BCUT2D eigenvalue weighted by Gasteiger charge is -2.37. The number of benzene rings is 1.